The monoisotopic (exact) mass is 410 g/mol. The standard InChI is InChI=1S/C26H38N2O2/c1-9-18-12-21-22(26(6,7)11-10-25(21,4)5)13-20(18)23-14-19(24(27)29)17(3)28(23)16(2)15-30-8/h12-14,16H,9-11,15H2,1-8H3,(H2,27,29). The Labute approximate surface area is 181 Å². The van der Waals surface area contributed by atoms with Gasteiger partial charge < -0.3 is 15.0 Å². The number of methoxy groups -OCH3 is 1. The van der Waals surface area contributed by atoms with E-state index in [-0.39, 0.29) is 22.8 Å². The van der Waals surface area contributed by atoms with E-state index in [1.807, 2.05) is 13.0 Å². The fourth-order valence-electron chi connectivity index (χ4n) is 5.15. The number of rotatable bonds is 6. The van der Waals surface area contributed by atoms with Crippen LogP contribution in [0, 0.1) is 6.92 Å². The van der Waals surface area contributed by atoms with Crippen molar-refractivity contribution in [2.45, 2.75) is 84.6 Å². The smallest absolute Gasteiger partial charge is 0.250 e. The molecule has 0 bridgehead atoms. The Kier molecular flexibility index (Phi) is 5.94. The summed E-state index contributed by atoms with van der Waals surface area (Å²) in [6.07, 6.45) is 3.31. The SMILES string of the molecule is CCc1cc2c(cc1-c1cc(C(N)=O)c(C)n1C(C)COC)C(C)(C)CCC2(C)C. The molecular formula is C26H38N2O2. The number of hydrogen-bond donors (Lipinski definition) is 1. The molecule has 0 aliphatic heterocycles. The summed E-state index contributed by atoms with van der Waals surface area (Å²) in [6.45, 7) is 16.3. The Morgan fingerprint density at radius 3 is 2.20 bits per heavy atom. The van der Waals surface area contributed by atoms with Gasteiger partial charge in [-0.1, -0.05) is 40.7 Å². The van der Waals surface area contributed by atoms with Crippen molar-refractivity contribution in [3.8, 4) is 11.3 Å². The van der Waals surface area contributed by atoms with Gasteiger partial charge in [0.05, 0.1) is 18.2 Å². The number of primary amides is 1. The summed E-state index contributed by atoms with van der Waals surface area (Å²) >= 11 is 0. The van der Waals surface area contributed by atoms with Gasteiger partial charge in [-0.25, -0.2) is 0 Å². The number of carbonyl (C=O) groups excluding carboxylic acids is 1. The number of hydrogen-bond acceptors (Lipinski definition) is 2. The largest absolute Gasteiger partial charge is 0.383 e. The van der Waals surface area contributed by atoms with Crippen molar-refractivity contribution in [3.63, 3.8) is 0 Å². The molecular weight excluding hydrogens is 372 g/mol. The van der Waals surface area contributed by atoms with Gasteiger partial charge in [-0.15, -0.1) is 0 Å². The molecule has 1 aliphatic rings. The molecule has 0 saturated carbocycles. The first-order valence-electron chi connectivity index (χ1n) is 11.1. The average Bonchev–Trinajstić information content (AvgIpc) is 3.02. The van der Waals surface area contributed by atoms with E-state index >= 15 is 0 Å². The van der Waals surface area contributed by atoms with Gasteiger partial charge >= 0.3 is 0 Å². The first-order valence-corrected chi connectivity index (χ1v) is 11.1. The predicted molar refractivity (Wildman–Crippen MR) is 124 cm³/mol. The Bertz CT molecular complexity index is 966. The Balaban J connectivity index is 2.34. The third kappa shape index (κ3) is 3.71. The summed E-state index contributed by atoms with van der Waals surface area (Å²) in [5.41, 5.74) is 14.0. The third-order valence-corrected chi connectivity index (χ3v) is 7.14. The number of ether oxygens (including phenoxy) is 1. The zero-order valence-electron chi connectivity index (χ0n) is 20.0. The second-order valence-corrected chi connectivity index (χ2v) is 10.2. The molecule has 30 heavy (non-hydrogen) atoms. The lowest BCUT2D eigenvalue weighted by molar-refractivity contribution is 0.0999. The quantitative estimate of drug-likeness (QED) is 0.666. The van der Waals surface area contributed by atoms with E-state index < -0.39 is 0 Å². The van der Waals surface area contributed by atoms with Crippen LogP contribution in [0.15, 0.2) is 18.2 Å². The van der Waals surface area contributed by atoms with Crippen LogP contribution in [0.3, 0.4) is 0 Å². The molecule has 0 fully saturated rings. The summed E-state index contributed by atoms with van der Waals surface area (Å²) < 4.78 is 7.67. The first kappa shape index (κ1) is 22.6. The molecule has 0 saturated heterocycles. The van der Waals surface area contributed by atoms with Crippen LogP contribution in [-0.2, 0) is 22.0 Å². The molecule has 4 heteroatoms. The molecule has 3 rings (SSSR count). The lowest BCUT2D eigenvalue weighted by Gasteiger charge is -2.42. The highest BCUT2D eigenvalue weighted by molar-refractivity contribution is 5.96. The summed E-state index contributed by atoms with van der Waals surface area (Å²) in [7, 11) is 1.71. The summed E-state index contributed by atoms with van der Waals surface area (Å²) in [5, 5.41) is 0. The molecule has 2 N–H and O–H groups in total. The van der Waals surface area contributed by atoms with Crippen molar-refractivity contribution in [2.24, 2.45) is 5.73 Å². The van der Waals surface area contributed by atoms with Gasteiger partial charge in [0.25, 0.3) is 5.91 Å². The number of carbonyl (C=O) groups is 1. The van der Waals surface area contributed by atoms with E-state index in [9.17, 15) is 4.79 Å². The number of amides is 1. The Morgan fingerprint density at radius 1 is 1.13 bits per heavy atom. The second-order valence-electron chi connectivity index (χ2n) is 10.2. The molecule has 1 aromatic heterocycles. The highest BCUT2D eigenvalue weighted by atomic mass is 16.5. The molecule has 1 atom stereocenters. The van der Waals surface area contributed by atoms with Gasteiger partial charge in [-0.05, 0) is 72.8 Å². The maximum absolute atomic E-state index is 12.2. The van der Waals surface area contributed by atoms with Crippen LogP contribution in [0.1, 0.15) is 93.2 Å². The van der Waals surface area contributed by atoms with Crippen molar-refractivity contribution < 1.29 is 9.53 Å². The number of fused-ring (bicyclic) bond motifs is 1. The fourth-order valence-corrected chi connectivity index (χ4v) is 5.15. The van der Waals surface area contributed by atoms with Crippen molar-refractivity contribution >= 4 is 5.91 Å². The number of aromatic nitrogens is 1. The van der Waals surface area contributed by atoms with Crippen molar-refractivity contribution in [2.75, 3.05) is 13.7 Å². The molecule has 1 aromatic carbocycles. The van der Waals surface area contributed by atoms with E-state index in [2.05, 4.69) is 58.2 Å². The summed E-state index contributed by atoms with van der Waals surface area (Å²) in [5.74, 6) is -0.380. The molecule has 2 aromatic rings. The van der Waals surface area contributed by atoms with Gasteiger partial charge in [-0.3, -0.25) is 4.79 Å². The Hall–Kier alpha value is -2.07. The zero-order chi connectivity index (χ0) is 22.4. The molecule has 0 radical (unpaired) electrons. The topological polar surface area (TPSA) is 57.2 Å². The third-order valence-electron chi connectivity index (χ3n) is 7.14. The van der Waals surface area contributed by atoms with Gasteiger partial charge in [0, 0.05) is 24.1 Å². The minimum absolute atomic E-state index is 0.100. The summed E-state index contributed by atoms with van der Waals surface area (Å²) in [6, 6.07) is 6.89. The molecule has 1 amide bonds. The maximum Gasteiger partial charge on any atom is 0.250 e. The maximum atomic E-state index is 12.2. The van der Waals surface area contributed by atoms with Crippen molar-refractivity contribution in [3.05, 3.63) is 46.1 Å². The summed E-state index contributed by atoms with van der Waals surface area (Å²) in [4.78, 5) is 12.2. The molecule has 164 valence electrons. The second kappa shape index (κ2) is 7.88. The lowest BCUT2D eigenvalue weighted by atomic mass is 9.62. The van der Waals surface area contributed by atoms with E-state index in [0.29, 0.717) is 12.2 Å². The van der Waals surface area contributed by atoms with Crippen LogP contribution in [0.25, 0.3) is 11.3 Å². The lowest BCUT2D eigenvalue weighted by Crippen LogP contribution is -2.34. The number of benzene rings is 1. The number of aryl methyl sites for hydroxylation is 1. The van der Waals surface area contributed by atoms with Crippen LogP contribution in [0.2, 0.25) is 0 Å². The number of nitrogens with two attached hydrogens (primary N) is 1. The van der Waals surface area contributed by atoms with E-state index in [1.165, 1.54) is 35.1 Å². The van der Waals surface area contributed by atoms with Crippen LogP contribution >= 0.6 is 0 Å². The predicted octanol–water partition coefficient (Wildman–Crippen LogP) is 5.68. The van der Waals surface area contributed by atoms with Crippen molar-refractivity contribution in [1.82, 2.24) is 4.57 Å². The molecule has 1 heterocycles. The minimum Gasteiger partial charge on any atom is -0.383 e. The normalized spacial score (nSPS) is 18.1. The van der Waals surface area contributed by atoms with Crippen molar-refractivity contribution in [1.29, 1.82) is 0 Å². The van der Waals surface area contributed by atoms with Crippen LogP contribution in [0.5, 0.6) is 0 Å². The van der Waals surface area contributed by atoms with E-state index in [0.717, 1.165) is 17.8 Å². The first-order chi connectivity index (χ1) is 13.9. The zero-order valence-corrected chi connectivity index (χ0v) is 20.0. The van der Waals surface area contributed by atoms with Crippen LogP contribution < -0.4 is 5.73 Å². The fraction of sp³-hybridized carbons (Fsp3) is 0.577. The van der Waals surface area contributed by atoms with E-state index in [4.69, 9.17) is 10.5 Å². The molecule has 0 spiro atoms. The van der Waals surface area contributed by atoms with Gasteiger partial charge in [0.15, 0.2) is 0 Å². The van der Waals surface area contributed by atoms with Crippen LogP contribution in [-0.4, -0.2) is 24.2 Å². The van der Waals surface area contributed by atoms with Gasteiger partial charge in [0.1, 0.15) is 0 Å². The van der Waals surface area contributed by atoms with Gasteiger partial charge in [0.2, 0.25) is 0 Å². The highest BCUT2D eigenvalue weighted by Gasteiger charge is 2.38. The number of nitrogens with zero attached hydrogens (tertiary/aromatic N) is 1. The highest BCUT2D eigenvalue weighted by Crippen LogP contribution is 2.48. The molecule has 1 aliphatic carbocycles. The van der Waals surface area contributed by atoms with Gasteiger partial charge in [-0.2, -0.15) is 0 Å². The van der Waals surface area contributed by atoms with Crippen LogP contribution in [0.4, 0.5) is 0 Å². The average molecular weight is 411 g/mol. The Morgan fingerprint density at radius 2 is 1.70 bits per heavy atom. The van der Waals surface area contributed by atoms with E-state index in [1.54, 1.807) is 7.11 Å². The molecule has 4 nitrogen and oxygen atoms in total. The minimum atomic E-state index is -0.380. The molecule has 1 unspecified atom stereocenters.